The molecule has 0 aromatic heterocycles. The Bertz CT molecular complexity index is 516. The fourth-order valence-electron chi connectivity index (χ4n) is 2.82. The summed E-state index contributed by atoms with van der Waals surface area (Å²) in [6.07, 6.45) is 4.64. The summed E-state index contributed by atoms with van der Waals surface area (Å²) in [7, 11) is 0. The quantitative estimate of drug-likeness (QED) is 0.774. The zero-order valence-electron chi connectivity index (χ0n) is 12.4. The Balaban J connectivity index is 1.88. The first-order valence-electron chi connectivity index (χ1n) is 7.50. The molecule has 0 radical (unpaired) electrons. The largest absolute Gasteiger partial charge is 0.376 e. The van der Waals surface area contributed by atoms with Crippen LogP contribution in [-0.4, -0.2) is 24.4 Å². The second-order valence-corrected chi connectivity index (χ2v) is 5.70. The molecule has 1 aliphatic rings. The van der Waals surface area contributed by atoms with E-state index in [1.165, 1.54) is 19.3 Å². The monoisotopic (exact) mass is 289 g/mol. The average molecular weight is 289 g/mol. The zero-order valence-corrected chi connectivity index (χ0v) is 12.4. The highest BCUT2D eigenvalue weighted by molar-refractivity contribution is 5.99. The van der Waals surface area contributed by atoms with E-state index < -0.39 is 5.91 Å². The maximum absolute atomic E-state index is 12.0. The van der Waals surface area contributed by atoms with Crippen molar-refractivity contribution in [2.45, 2.75) is 38.6 Å². The van der Waals surface area contributed by atoms with Crippen LogP contribution in [0, 0.1) is 5.92 Å². The molecule has 4 N–H and O–H groups in total. The van der Waals surface area contributed by atoms with Gasteiger partial charge in [-0.3, -0.25) is 9.59 Å². The Kier molecular flexibility index (Phi) is 5.20. The van der Waals surface area contributed by atoms with Crippen LogP contribution in [0.15, 0.2) is 24.3 Å². The van der Waals surface area contributed by atoms with Crippen LogP contribution in [0.3, 0.4) is 0 Å². The van der Waals surface area contributed by atoms with E-state index in [2.05, 4.69) is 17.6 Å². The first kappa shape index (κ1) is 15.4. The highest BCUT2D eigenvalue weighted by Crippen LogP contribution is 2.23. The molecule has 2 rings (SSSR count). The molecule has 0 spiro atoms. The summed E-state index contributed by atoms with van der Waals surface area (Å²) in [5.74, 6) is -0.0203. The lowest BCUT2D eigenvalue weighted by Crippen LogP contribution is -2.43. The van der Waals surface area contributed by atoms with Gasteiger partial charge in [0, 0.05) is 11.7 Å². The van der Waals surface area contributed by atoms with Gasteiger partial charge < -0.3 is 16.4 Å². The Hall–Kier alpha value is -2.04. The average Bonchev–Trinajstić information content (AvgIpc) is 2.48. The van der Waals surface area contributed by atoms with Crippen molar-refractivity contribution >= 4 is 17.5 Å². The number of anilines is 1. The molecular formula is C16H23N3O2. The van der Waals surface area contributed by atoms with E-state index in [9.17, 15) is 9.59 Å². The number of hydrogen-bond donors (Lipinski definition) is 3. The first-order valence-corrected chi connectivity index (χ1v) is 7.50. The van der Waals surface area contributed by atoms with Gasteiger partial charge in [0.25, 0.3) is 5.91 Å². The lowest BCUT2D eigenvalue weighted by molar-refractivity contribution is -0.120. The van der Waals surface area contributed by atoms with Crippen LogP contribution < -0.4 is 16.4 Å². The molecule has 1 aromatic rings. The molecule has 2 unspecified atom stereocenters. The molecule has 0 bridgehead atoms. The smallest absolute Gasteiger partial charge is 0.250 e. The third-order valence-corrected chi connectivity index (χ3v) is 4.09. The standard InChI is InChI=1S/C16H23N3O2/c1-11-6-2-4-8-13(11)19-15(20)10-18-14-9-5-3-7-12(14)16(17)21/h3,5,7,9,11,13,18H,2,4,6,8,10H2,1H3,(H2,17,21)(H,19,20). The van der Waals surface area contributed by atoms with Crippen molar-refractivity contribution in [1.82, 2.24) is 5.32 Å². The summed E-state index contributed by atoms with van der Waals surface area (Å²) in [4.78, 5) is 23.3. The van der Waals surface area contributed by atoms with Crippen LogP contribution >= 0.6 is 0 Å². The molecular weight excluding hydrogens is 266 g/mol. The van der Waals surface area contributed by atoms with Gasteiger partial charge in [0.15, 0.2) is 0 Å². The number of rotatable bonds is 5. The number of amides is 2. The second kappa shape index (κ2) is 7.11. The van der Waals surface area contributed by atoms with Gasteiger partial charge in [-0.15, -0.1) is 0 Å². The summed E-state index contributed by atoms with van der Waals surface area (Å²) < 4.78 is 0. The molecule has 0 heterocycles. The fraction of sp³-hybridized carbons (Fsp3) is 0.500. The van der Waals surface area contributed by atoms with Gasteiger partial charge in [-0.05, 0) is 30.9 Å². The van der Waals surface area contributed by atoms with E-state index in [0.717, 1.165) is 6.42 Å². The third kappa shape index (κ3) is 4.21. The lowest BCUT2D eigenvalue weighted by atomic mass is 9.86. The minimum Gasteiger partial charge on any atom is -0.376 e. The third-order valence-electron chi connectivity index (χ3n) is 4.09. The number of nitrogens with two attached hydrogens (primary N) is 1. The van der Waals surface area contributed by atoms with Crippen molar-refractivity contribution in [3.63, 3.8) is 0 Å². The van der Waals surface area contributed by atoms with Crippen LogP contribution in [-0.2, 0) is 4.79 Å². The van der Waals surface area contributed by atoms with Gasteiger partial charge in [-0.2, -0.15) is 0 Å². The van der Waals surface area contributed by atoms with Crippen molar-refractivity contribution in [3.05, 3.63) is 29.8 Å². The SMILES string of the molecule is CC1CCCCC1NC(=O)CNc1ccccc1C(N)=O. The minimum absolute atomic E-state index is 0.0481. The van der Waals surface area contributed by atoms with Crippen LogP contribution in [0.5, 0.6) is 0 Å². The molecule has 2 atom stereocenters. The molecule has 21 heavy (non-hydrogen) atoms. The predicted molar refractivity (Wildman–Crippen MR) is 83.0 cm³/mol. The number of benzene rings is 1. The molecule has 0 saturated heterocycles. The number of nitrogens with one attached hydrogen (secondary N) is 2. The summed E-state index contributed by atoms with van der Waals surface area (Å²) >= 11 is 0. The normalized spacial score (nSPS) is 21.6. The molecule has 0 aliphatic heterocycles. The molecule has 1 aliphatic carbocycles. The lowest BCUT2D eigenvalue weighted by Gasteiger charge is -2.29. The van der Waals surface area contributed by atoms with E-state index >= 15 is 0 Å². The summed E-state index contributed by atoms with van der Waals surface area (Å²) in [5.41, 5.74) is 6.30. The highest BCUT2D eigenvalue weighted by atomic mass is 16.2. The summed E-state index contributed by atoms with van der Waals surface area (Å²) in [6.45, 7) is 2.33. The topological polar surface area (TPSA) is 84.2 Å². The Labute approximate surface area is 125 Å². The van der Waals surface area contributed by atoms with Gasteiger partial charge in [0.1, 0.15) is 0 Å². The maximum Gasteiger partial charge on any atom is 0.250 e. The summed E-state index contributed by atoms with van der Waals surface area (Å²) in [6, 6.07) is 7.20. The molecule has 114 valence electrons. The van der Waals surface area contributed by atoms with Gasteiger partial charge in [0.05, 0.1) is 12.1 Å². The van der Waals surface area contributed by atoms with Crippen LogP contribution in [0.25, 0.3) is 0 Å². The van der Waals surface area contributed by atoms with Gasteiger partial charge >= 0.3 is 0 Å². The van der Waals surface area contributed by atoms with Crippen LogP contribution in [0.4, 0.5) is 5.69 Å². The van der Waals surface area contributed by atoms with E-state index in [1.807, 2.05) is 0 Å². The van der Waals surface area contributed by atoms with E-state index in [1.54, 1.807) is 24.3 Å². The van der Waals surface area contributed by atoms with Crippen LogP contribution in [0.2, 0.25) is 0 Å². The van der Waals surface area contributed by atoms with E-state index in [4.69, 9.17) is 5.73 Å². The Morgan fingerprint density at radius 1 is 1.24 bits per heavy atom. The fourth-order valence-corrected chi connectivity index (χ4v) is 2.82. The van der Waals surface area contributed by atoms with Crippen LogP contribution in [0.1, 0.15) is 43.0 Å². The molecule has 2 amide bonds. The zero-order chi connectivity index (χ0) is 15.2. The second-order valence-electron chi connectivity index (χ2n) is 5.70. The van der Waals surface area contributed by atoms with Gasteiger partial charge in [0.2, 0.25) is 5.91 Å². The summed E-state index contributed by atoms with van der Waals surface area (Å²) in [5, 5.41) is 6.06. The van der Waals surface area contributed by atoms with Crippen molar-refractivity contribution in [2.24, 2.45) is 11.7 Å². The van der Waals surface area contributed by atoms with Crippen molar-refractivity contribution in [3.8, 4) is 0 Å². The molecule has 1 saturated carbocycles. The number of para-hydroxylation sites is 1. The van der Waals surface area contributed by atoms with E-state index in [0.29, 0.717) is 17.2 Å². The molecule has 1 aromatic carbocycles. The number of hydrogen-bond acceptors (Lipinski definition) is 3. The van der Waals surface area contributed by atoms with Gasteiger partial charge in [-0.25, -0.2) is 0 Å². The Morgan fingerprint density at radius 2 is 1.95 bits per heavy atom. The van der Waals surface area contributed by atoms with Crippen molar-refractivity contribution in [2.75, 3.05) is 11.9 Å². The number of primary amides is 1. The molecule has 5 heteroatoms. The molecule has 5 nitrogen and oxygen atoms in total. The van der Waals surface area contributed by atoms with Gasteiger partial charge in [-0.1, -0.05) is 31.9 Å². The predicted octanol–water partition coefficient (Wildman–Crippen LogP) is 1.89. The minimum atomic E-state index is -0.501. The first-order chi connectivity index (χ1) is 10.1. The van der Waals surface area contributed by atoms with Crippen molar-refractivity contribution in [1.29, 1.82) is 0 Å². The van der Waals surface area contributed by atoms with Crippen molar-refractivity contribution < 1.29 is 9.59 Å². The number of carbonyl (C=O) groups excluding carboxylic acids is 2. The number of carbonyl (C=O) groups is 2. The Morgan fingerprint density at radius 3 is 2.67 bits per heavy atom. The molecule has 1 fully saturated rings. The maximum atomic E-state index is 12.0. The van der Waals surface area contributed by atoms with E-state index in [-0.39, 0.29) is 18.5 Å². The highest BCUT2D eigenvalue weighted by Gasteiger charge is 2.22.